The van der Waals surface area contributed by atoms with Gasteiger partial charge in [-0.3, -0.25) is 14.5 Å². The Bertz CT molecular complexity index is 1530. The number of aromatic nitrogens is 3. The molecule has 0 saturated heterocycles. The number of nitrogens with one attached hydrogen (secondary N) is 1. The molecule has 0 atom stereocenters. The fraction of sp³-hybridized carbons (Fsp3) is 0.0870. The summed E-state index contributed by atoms with van der Waals surface area (Å²) >= 11 is 0. The number of pyridine rings is 1. The molecule has 160 valence electrons. The molecule has 3 heterocycles. The van der Waals surface area contributed by atoms with Crippen molar-refractivity contribution in [3.05, 3.63) is 84.5 Å². The summed E-state index contributed by atoms with van der Waals surface area (Å²) in [7, 11) is -2.02. The molecule has 0 saturated carbocycles. The van der Waals surface area contributed by atoms with E-state index in [-0.39, 0.29) is 28.0 Å². The molecular weight excluding hydrogens is 428 g/mol. The Morgan fingerprint density at radius 3 is 2.66 bits per heavy atom. The van der Waals surface area contributed by atoms with Crippen molar-refractivity contribution < 1.29 is 17.6 Å². The number of amides is 1. The molecule has 5 rings (SSSR count). The molecule has 0 aliphatic carbocycles. The summed E-state index contributed by atoms with van der Waals surface area (Å²) < 4.78 is 33.5. The first-order valence-electron chi connectivity index (χ1n) is 9.80. The average molecular weight is 446 g/mol. The Hall–Kier alpha value is -3.98. The van der Waals surface area contributed by atoms with Crippen molar-refractivity contribution in [3.8, 4) is 0 Å². The van der Waals surface area contributed by atoms with E-state index in [1.807, 2.05) is 6.07 Å². The summed E-state index contributed by atoms with van der Waals surface area (Å²) in [5.41, 5.74) is 1.86. The van der Waals surface area contributed by atoms with Gasteiger partial charge in [0.25, 0.3) is 5.91 Å². The number of hydrogen-bond donors (Lipinski definition) is 1. The number of para-hydroxylation sites is 1. The van der Waals surface area contributed by atoms with Crippen LogP contribution >= 0.6 is 0 Å². The third-order valence-electron chi connectivity index (χ3n) is 5.25. The number of sulfone groups is 1. The summed E-state index contributed by atoms with van der Waals surface area (Å²) in [6.45, 7) is 0.228. The second kappa shape index (κ2) is 7.61. The minimum atomic E-state index is -3.73. The molecule has 0 spiro atoms. The first-order chi connectivity index (χ1) is 15.4. The van der Waals surface area contributed by atoms with Crippen molar-refractivity contribution in [1.82, 2.24) is 20.1 Å². The van der Waals surface area contributed by atoms with Crippen molar-refractivity contribution in [2.45, 2.75) is 16.3 Å². The molecule has 0 bridgehead atoms. The van der Waals surface area contributed by atoms with Crippen molar-refractivity contribution in [2.75, 3.05) is 0 Å². The van der Waals surface area contributed by atoms with Crippen LogP contribution in [0.2, 0.25) is 0 Å². The second-order valence-electron chi connectivity index (χ2n) is 7.32. The zero-order valence-electron chi connectivity index (χ0n) is 17.0. The van der Waals surface area contributed by atoms with Crippen LogP contribution in [0, 0.1) is 0 Å². The highest BCUT2D eigenvalue weighted by Gasteiger charge is 2.22. The van der Waals surface area contributed by atoms with Crippen LogP contribution in [0.25, 0.3) is 21.9 Å². The summed E-state index contributed by atoms with van der Waals surface area (Å²) in [6.07, 6.45) is 4.82. The van der Waals surface area contributed by atoms with E-state index in [4.69, 9.17) is 4.42 Å². The van der Waals surface area contributed by atoms with Gasteiger partial charge >= 0.3 is 0 Å². The minimum Gasteiger partial charge on any atom is -0.449 e. The monoisotopic (exact) mass is 446 g/mol. The van der Waals surface area contributed by atoms with Crippen LogP contribution in [0.1, 0.15) is 16.1 Å². The van der Waals surface area contributed by atoms with Gasteiger partial charge in [-0.15, -0.1) is 0 Å². The number of aryl methyl sites for hydroxylation is 1. The molecule has 32 heavy (non-hydrogen) atoms. The Labute approximate surface area is 183 Å². The normalized spacial score (nSPS) is 11.8. The van der Waals surface area contributed by atoms with Gasteiger partial charge in [0.2, 0.25) is 9.84 Å². The van der Waals surface area contributed by atoms with Gasteiger partial charge in [-0.05, 0) is 35.9 Å². The van der Waals surface area contributed by atoms with Gasteiger partial charge in [0.15, 0.2) is 11.3 Å². The third-order valence-corrected chi connectivity index (χ3v) is 7.05. The minimum absolute atomic E-state index is 0.172. The molecule has 9 heteroatoms. The molecule has 1 N–H and O–H groups in total. The van der Waals surface area contributed by atoms with Gasteiger partial charge in [-0.1, -0.05) is 24.3 Å². The van der Waals surface area contributed by atoms with Gasteiger partial charge < -0.3 is 9.73 Å². The van der Waals surface area contributed by atoms with Gasteiger partial charge in [-0.25, -0.2) is 8.42 Å². The van der Waals surface area contributed by atoms with Gasteiger partial charge in [0.1, 0.15) is 0 Å². The smallest absolute Gasteiger partial charge is 0.287 e. The van der Waals surface area contributed by atoms with Crippen LogP contribution in [-0.2, 0) is 23.4 Å². The Morgan fingerprint density at radius 2 is 1.88 bits per heavy atom. The average Bonchev–Trinajstić information content (AvgIpc) is 3.41. The van der Waals surface area contributed by atoms with Gasteiger partial charge in [0.05, 0.1) is 27.7 Å². The lowest BCUT2D eigenvalue weighted by molar-refractivity contribution is 0.0925. The lowest BCUT2D eigenvalue weighted by atomic mass is 10.2. The van der Waals surface area contributed by atoms with Crippen LogP contribution in [0.15, 0.2) is 87.4 Å². The van der Waals surface area contributed by atoms with E-state index < -0.39 is 9.84 Å². The van der Waals surface area contributed by atoms with E-state index in [1.54, 1.807) is 78.9 Å². The molecule has 0 aliphatic heterocycles. The number of fused-ring (bicyclic) bond motifs is 2. The summed E-state index contributed by atoms with van der Waals surface area (Å²) in [6, 6.07) is 15.0. The van der Waals surface area contributed by atoms with Crippen LogP contribution in [0.3, 0.4) is 0 Å². The second-order valence-corrected chi connectivity index (χ2v) is 9.23. The third kappa shape index (κ3) is 3.42. The standard InChI is InChI=1S/C23H18N4O4S/c1-27-22-17(13-26-27)3-2-4-21(22)32(29,30)18-7-5-15(6-8-18)12-25-23(28)19-11-16-9-10-24-14-20(16)31-19/h2-11,13-14H,12H2,1H3,(H,25,28). The molecule has 0 fully saturated rings. The molecule has 5 aromatic rings. The molecule has 3 aromatic heterocycles. The SMILES string of the molecule is Cn1ncc2cccc(S(=O)(=O)c3ccc(CNC(=O)c4cc5ccncc5o4)cc3)c21. The van der Waals surface area contributed by atoms with Gasteiger partial charge in [0, 0.05) is 30.6 Å². The molecule has 0 radical (unpaired) electrons. The first kappa shape index (κ1) is 20.0. The van der Waals surface area contributed by atoms with Crippen molar-refractivity contribution in [1.29, 1.82) is 0 Å². The van der Waals surface area contributed by atoms with E-state index in [2.05, 4.69) is 15.4 Å². The zero-order chi connectivity index (χ0) is 22.3. The summed E-state index contributed by atoms with van der Waals surface area (Å²) in [5.74, 6) is -0.169. The van der Waals surface area contributed by atoms with Crippen LogP contribution < -0.4 is 5.32 Å². The topological polar surface area (TPSA) is 107 Å². The lowest BCUT2D eigenvalue weighted by Gasteiger charge is -2.09. The fourth-order valence-electron chi connectivity index (χ4n) is 3.59. The van der Waals surface area contributed by atoms with Crippen molar-refractivity contribution in [3.63, 3.8) is 0 Å². The quantitative estimate of drug-likeness (QED) is 0.443. The highest BCUT2D eigenvalue weighted by Crippen LogP contribution is 2.28. The van der Waals surface area contributed by atoms with Gasteiger partial charge in [-0.2, -0.15) is 5.10 Å². The maximum absolute atomic E-state index is 13.2. The molecule has 0 unspecified atom stereocenters. The van der Waals surface area contributed by atoms with Crippen molar-refractivity contribution in [2.24, 2.45) is 7.05 Å². The predicted molar refractivity (Wildman–Crippen MR) is 118 cm³/mol. The largest absolute Gasteiger partial charge is 0.449 e. The molecule has 1 amide bonds. The molecule has 0 aliphatic rings. The highest BCUT2D eigenvalue weighted by atomic mass is 32.2. The number of hydrogen-bond acceptors (Lipinski definition) is 6. The summed E-state index contributed by atoms with van der Waals surface area (Å²) in [5, 5.41) is 8.49. The fourth-order valence-corrected chi connectivity index (χ4v) is 5.10. The van der Waals surface area contributed by atoms with E-state index in [0.29, 0.717) is 11.1 Å². The Morgan fingerprint density at radius 1 is 1.06 bits per heavy atom. The highest BCUT2D eigenvalue weighted by molar-refractivity contribution is 7.91. The van der Waals surface area contributed by atoms with E-state index >= 15 is 0 Å². The zero-order valence-corrected chi connectivity index (χ0v) is 17.8. The summed E-state index contributed by atoms with van der Waals surface area (Å²) in [4.78, 5) is 16.7. The van der Waals surface area contributed by atoms with Crippen molar-refractivity contribution >= 4 is 37.6 Å². The number of nitrogens with zero attached hydrogens (tertiary/aromatic N) is 3. The van der Waals surface area contributed by atoms with Crippen LogP contribution in [-0.4, -0.2) is 29.1 Å². The van der Waals surface area contributed by atoms with Crippen LogP contribution in [0.5, 0.6) is 0 Å². The Balaban J connectivity index is 1.34. The van der Waals surface area contributed by atoms with Crippen LogP contribution in [0.4, 0.5) is 0 Å². The van der Waals surface area contributed by atoms with E-state index in [1.165, 1.54) is 0 Å². The lowest BCUT2D eigenvalue weighted by Crippen LogP contribution is -2.22. The molecule has 2 aromatic carbocycles. The maximum atomic E-state index is 13.2. The maximum Gasteiger partial charge on any atom is 0.287 e. The number of benzene rings is 2. The van der Waals surface area contributed by atoms with E-state index in [9.17, 15) is 13.2 Å². The number of rotatable bonds is 5. The predicted octanol–water partition coefficient (Wildman–Crippen LogP) is 3.48. The molecule has 8 nitrogen and oxygen atoms in total. The number of carbonyl (C=O) groups is 1. The number of furan rings is 1. The first-order valence-corrected chi connectivity index (χ1v) is 11.3. The molecular formula is C23H18N4O4S. The van der Waals surface area contributed by atoms with E-state index in [0.717, 1.165) is 16.3 Å². The Kier molecular flexibility index (Phi) is 4.75. The number of carbonyl (C=O) groups excluding carboxylic acids is 1.